The van der Waals surface area contributed by atoms with Gasteiger partial charge in [-0.2, -0.15) is 0 Å². The molecule has 4 rings (SSSR count). The lowest BCUT2D eigenvalue weighted by Crippen LogP contribution is -2.30. The Hall–Kier alpha value is -2.80. The standard InChI is InChI=1S/C21H21NO5S/c1-2-3-4-9-22-18(16-6-5-10-28-16)17(20(24)21(22)25)19(23)13-7-8-14-15(11-13)27-12-26-14/h5-8,10-11,18,23H,2-4,9,12H2,1H3/b19-17-. The monoisotopic (exact) mass is 399 g/mol. The Morgan fingerprint density at radius 1 is 1.21 bits per heavy atom. The van der Waals surface area contributed by atoms with Gasteiger partial charge >= 0.3 is 0 Å². The van der Waals surface area contributed by atoms with Crippen LogP contribution in [0, 0.1) is 0 Å². The number of hydrogen-bond acceptors (Lipinski definition) is 6. The Labute approximate surface area is 167 Å². The SMILES string of the molecule is CCCCCN1C(=O)C(=O)/C(=C(\O)c2ccc3c(c2)OCO3)C1c1cccs1. The highest BCUT2D eigenvalue weighted by Gasteiger charge is 2.46. The van der Waals surface area contributed by atoms with E-state index in [4.69, 9.17) is 9.47 Å². The van der Waals surface area contributed by atoms with Gasteiger partial charge in [0.05, 0.1) is 11.6 Å². The summed E-state index contributed by atoms with van der Waals surface area (Å²) in [5, 5.41) is 12.9. The second-order valence-electron chi connectivity index (χ2n) is 6.78. The Bertz CT molecular complexity index is 934. The van der Waals surface area contributed by atoms with Crippen LogP contribution in [0.3, 0.4) is 0 Å². The average molecular weight is 399 g/mol. The van der Waals surface area contributed by atoms with Gasteiger partial charge < -0.3 is 19.5 Å². The van der Waals surface area contributed by atoms with Crippen LogP contribution in [0.5, 0.6) is 11.5 Å². The number of benzene rings is 1. The normalized spacial score (nSPS) is 20.2. The lowest BCUT2D eigenvalue weighted by atomic mass is 9.99. The number of thiophene rings is 1. The molecule has 146 valence electrons. The molecule has 0 aliphatic carbocycles. The maximum atomic E-state index is 12.8. The highest BCUT2D eigenvalue weighted by Crippen LogP contribution is 2.42. The molecule has 1 aromatic carbocycles. The van der Waals surface area contributed by atoms with Crippen molar-refractivity contribution in [1.82, 2.24) is 4.90 Å². The number of ether oxygens (including phenoxy) is 2. The second kappa shape index (κ2) is 7.67. The number of ketones is 1. The van der Waals surface area contributed by atoms with Crippen molar-refractivity contribution in [1.29, 1.82) is 0 Å². The summed E-state index contributed by atoms with van der Waals surface area (Å²) in [6.07, 6.45) is 2.81. The molecular weight excluding hydrogens is 378 g/mol. The van der Waals surface area contributed by atoms with Gasteiger partial charge in [0.15, 0.2) is 11.5 Å². The van der Waals surface area contributed by atoms with Gasteiger partial charge in [0, 0.05) is 17.0 Å². The molecule has 3 heterocycles. The second-order valence-corrected chi connectivity index (χ2v) is 7.76. The van der Waals surface area contributed by atoms with Gasteiger partial charge in [0.25, 0.3) is 11.7 Å². The van der Waals surface area contributed by atoms with Crippen LogP contribution in [-0.2, 0) is 9.59 Å². The minimum absolute atomic E-state index is 0.122. The molecule has 28 heavy (non-hydrogen) atoms. The summed E-state index contributed by atoms with van der Waals surface area (Å²) in [5.41, 5.74) is 0.556. The summed E-state index contributed by atoms with van der Waals surface area (Å²) in [6.45, 7) is 2.69. The van der Waals surface area contributed by atoms with Gasteiger partial charge in [-0.15, -0.1) is 11.3 Å². The van der Waals surface area contributed by atoms with E-state index in [0.717, 1.165) is 24.1 Å². The molecule has 1 N–H and O–H groups in total. The van der Waals surface area contributed by atoms with E-state index < -0.39 is 17.7 Å². The third-order valence-corrected chi connectivity index (χ3v) is 5.93. The Kier molecular flexibility index (Phi) is 5.09. The number of nitrogens with zero attached hydrogens (tertiary/aromatic N) is 1. The highest BCUT2D eigenvalue weighted by molar-refractivity contribution is 7.10. The molecule has 0 saturated carbocycles. The van der Waals surface area contributed by atoms with Crippen molar-refractivity contribution in [2.45, 2.75) is 32.2 Å². The average Bonchev–Trinajstić information content (AvgIpc) is 3.43. The minimum Gasteiger partial charge on any atom is -0.507 e. The molecule has 1 unspecified atom stereocenters. The van der Waals surface area contributed by atoms with E-state index in [9.17, 15) is 14.7 Å². The van der Waals surface area contributed by atoms with Crippen molar-refractivity contribution in [3.05, 3.63) is 51.7 Å². The zero-order valence-corrected chi connectivity index (χ0v) is 16.3. The summed E-state index contributed by atoms with van der Waals surface area (Å²) in [5.74, 6) is -0.296. The van der Waals surface area contributed by atoms with Crippen LogP contribution < -0.4 is 9.47 Å². The molecule has 6 nitrogen and oxygen atoms in total. The first-order valence-corrected chi connectivity index (χ1v) is 10.2. The molecule has 0 spiro atoms. The van der Waals surface area contributed by atoms with Crippen LogP contribution in [0.4, 0.5) is 0 Å². The van der Waals surface area contributed by atoms with Crippen LogP contribution in [0.1, 0.15) is 42.7 Å². The number of Topliss-reactive ketones (excluding diaryl/α,β-unsaturated/α-hetero) is 1. The molecule has 1 saturated heterocycles. The van der Waals surface area contributed by atoms with E-state index >= 15 is 0 Å². The van der Waals surface area contributed by atoms with Gasteiger partial charge in [0.1, 0.15) is 5.76 Å². The predicted octanol–water partition coefficient (Wildman–Crippen LogP) is 4.09. The molecule has 0 bridgehead atoms. The number of likely N-dealkylation sites (tertiary alicyclic amines) is 1. The molecule has 1 amide bonds. The lowest BCUT2D eigenvalue weighted by Gasteiger charge is -2.24. The summed E-state index contributed by atoms with van der Waals surface area (Å²) < 4.78 is 10.7. The maximum Gasteiger partial charge on any atom is 0.295 e. The number of aliphatic hydroxyl groups excluding tert-OH is 1. The molecule has 0 radical (unpaired) electrons. The Morgan fingerprint density at radius 2 is 2.04 bits per heavy atom. The fraction of sp³-hybridized carbons (Fsp3) is 0.333. The topological polar surface area (TPSA) is 76.1 Å². The van der Waals surface area contributed by atoms with Gasteiger partial charge in [-0.05, 0) is 36.1 Å². The number of carbonyl (C=O) groups excluding carboxylic acids is 2. The van der Waals surface area contributed by atoms with Crippen molar-refractivity contribution in [2.24, 2.45) is 0 Å². The highest BCUT2D eigenvalue weighted by atomic mass is 32.1. The van der Waals surface area contributed by atoms with Crippen molar-refractivity contribution in [3.63, 3.8) is 0 Å². The van der Waals surface area contributed by atoms with E-state index in [1.54, 1.807) is 23.1 Å². The lowest BCUT2D eigenvalue weighted by molar-refractivity contribution is -0.139. The molecule has 2 aliphatic heterocycles. The van der Waals surface area contributed by atoms with Crippen LogP contribution in [-0.4, -0.2) is 35.0 Å². The number of amides is 1. The van der Waals surface area contributed by atoms with Crippen molar-refractivity contribution < 1.29 is 24.2 Å². The third kappa shape index (κ3) is 3.16. The van der Waals surface area contributed by atoms with Crippen molar-refractivity contribution in [2.75, 3.05) is 13.3 Å². The zero-order valence-electron chi connectivity index (χ0n) is 15.5. The van der Waals surface area contributed by atoms with E-state index in [-0.39, 0.29) is 18.1 Å². The first-order valence-electron chi connectivity index (χ1n) is 9.33. The molecule has 1 fully saturated rings. The number of carbonyl (C=O) groups is 2. The summed E-state index contributed by atoms with van der Waals surface area (Å²) >= 11 is 1.47. The first-order chi connectivity index (χ1) is 13.6. The largest absolute Gasteiger partial charge is 0.507 e. The smallest absolute Gasteiger partial charge is 0.295 e. The predicted molar refractivity (Wildman–Crippen MR) is 105 cm³/mol. The number of aliphatic hydroxyl groups is 1. The van der Waals surface area contributed by atoms with Crippen LogP contribution in [0.25, 0.3) is 5.76 Å². The van der Waals surface area contributed by atoms with E-state index in [1.807, 2.05) is 17.5 Å². The summed E-state index contributed by atoms with van der Waals surface area (Å²) in [7, 11) is 0. The summed E-state index contributed by atoms with van der Waals surface area (Å²) in [6, 6.07) is 8.19. The maximum absolute atomic E-state index is 12.8. The van der Waals surface area contributed by atoms with Gasteiger partial charge in [-0.1, -0.05) is 25.8 Å². The van der Waals surface area contributed by atoms with E-state index in [0.29, 0.717) is 23.6 Å². The van der Waals surface area contributed by atoms with E-state index in [2.05, 4.69) is 6.92 Å². The quantitative estimate of drug-likeness (QED) is 0.343. The van der Waals surface area contributed by atoms with Crippen molar-refractivity contribution >= 4 is 28.8 Å². The molecule has 2 aliphatic rings. The van der Waals surface area contributed by atoms with Gasteiger partial charge in [0.2, 0.25) is 6.79 Å². The number of fused-ring (bicyclic) bond motifs is 1. The van der Waals surface area contributed by atoms with Crippen LogP contribution in [0.2, 0.25) is 0 Å². The number of hydrogen-bond donors (Lipinski definition) is 1. The number of rotatable bonds is 6. The number of unbranched alkanes of at least 4 members (excludes halogenated alkanes) is 2. The first kappa shape index (κ1) is 18.6. The van der Waals surface area contributed by atoms with Gasteiger partial charge in [-0.25, -0.2) is 0 Å². The summed E-state index contributed by atoms with van der Waals surface area (Å²) in [4.78, 5) is 28.0. The fourth-order valence-corrected chi connectivity index (χ4v) is 4.43. The molecule has 1 atom stereocenters. The molecule has 2 aromatic rings. The van der Waals surface area contributed by atoms with Crippen LogP contribution >= 0.6 is 11.3 Å². The fourth-order valence-electron chi connectivity index (χ4n) is 3.58. The zero-order chi connectivity index (χ0) is 19.7. The van der Waals surface area contributed by atoms with Gasteiger partial charge in [-0.3, -0.25) is 9.59 Å². The van der Waals surface area contributed by atoms with E-state index in [1.165, 1.54) is 11.3 Å². The Balaban J connectivity index is 1.77. The minimum atomic E-state index is -0.648. The Morgan fingerprint density at radius 3 is 2.79 bits per heavy atom. The third-order valence-electron chi connectivity index (χ3n) is 5.00. The molecule has 7 heteroatoms. The van der Waals surface area contributed by atoms with Crippen molar-refractivity contribution in [3.8, 4) is 11.5 Å². The van der Waals surface area contributed by atoms with Crippen LogP contribution in [0.15, 0.2) is 41.3 Å². The molecule has 1 aromatic heterocycles. The molecular formula is C21H21NO5S.